The zero-order chi connectivity index (χ0) is 15.8. The molecule has 1 saturated carbocycles. The molecule has 4 nitrogen and oxygen atoms in total. The Morgan fingerprint density at radius 2 is 2.05 bits per heavy atom. The zero-order valence-corrected chi connectivity index (χ0v) is 13.8. The van der Waals surface area contributed by atoms with Crippen LogP contribution in [0.25, 0.3) is 0 Å². The molecule has 1 amide bonds. The van der Waals surface area contributed by atoms with Crippen molar-refractivity contribution in [2.24, 2.45) is 5.92 Å². The number of hydrogen-bond donors (Lipinski definition) is 1. The van der Waals surface area contributed by atoms with E-state index in [4.69, 9.17) is 10.7 Å². The van der Waals surface area contributed by atoms with E-state index in [0.29, 0.717) is 12.0 Å². The molecule has 0 heterocycles. The van der Waals surface area contributed by atoms with Crippen LogP contribution in [0.4, 0.5) is 8.78 Å². The van der Waals surface area contributed by atoms with Crippen molar-refractivity contribution in [1.29, 1.82) is 0 Å². The number of nitrogens with one attached hydrogen (secondary N) is 1. The lowest BCUT2D eigenvalue weighted by Crippen LogP contribution is -2.27. The Hall–Kier alpha value is -0.730. The lowest BCUT2D eigenvalue weighted by Gasteiger charge is -2.10. The molecule has 0 atom stereocenters. The number of halogens is 4. The molecule has 9 heteroatoms. The highest BCUT2D eigenvalue weighted by atomic mass is 79.9. The highest BCUT2D eigenvalue weighted by molar-refractivity contribution is 9.10. The summed E-state index contributed by atoms with van der Waals surface area (Å²) in [6.45, 7) is 0.279. The summed E-state index contributed by atoms with van der Waals surface area (Å²) < 4.78 is 50.2. The van der Waals surface area contributed by atoms with Gasteiger partial charge in [0.15, 0.2) is 5.82 Å². The number of benzene rings is 1. The van der Waals surface area contributed by atoms with E-state index in [-0.39, 0.29) is 11.0 Å². The summed E-state index contributed by atoms with van der Waals surface area (Å²) in [5, 5.41) is 2.38. The summed E-state index contributed by atoms with van der Waals surface area (Å²) in [5.41, 5.74) is -0.951. The van der Waals surface area contributed by atoms with Gasteiger partial charge in [-0.1, -0.05) is 12.8 Å². The summed E-state index contributed by atoms with van der Waals surface area (Å²) in [7, 11) is 0.643. The molecule has 0 aromatic heterocycles. The predicted octanol–water partition coefficient (Wildman–Crippen LogP) is 3.18. The van der Waals surface area contributed by atoms with Gasteiger partial charge in [-0.15, -0.1) is 0 Å². The van der Waals surface area contributed by atoms with Crippen molar-refractivity contribution >= 4 is 41.6 Å². The van der Waals surface area contributed by atoms with Crippen molar-refractivity contribution in [3.63, 3.8) is 0 Å². The fourth-order valence-electron chi connectivity index (χ4n) is 1.89. The third-order valence-electron chi connectivity index (χ3n) is 3.13. The van der Waals surface area contributed by atoms with Gasteiger partial charge in [0.1, 0.15) is 16.3 Å². The first-order chi connectivity index (χ1) is 9.71. The highest BCUT2D eigenvalue weighted by Gasteiger charge is 2.29. The van der Waals surface area contributed by atoms with Gasteiger partial charge in [-0.2, -0.15) is 0 Å². The molecule has 0 bridgehead atoms. The Bertz CT molecular complexity index is 692. The molecule has 1 aromatic rings. The first-order valence-electron chi connectivity index (χ1n) is 6.12. The Kier molecular flexibility index (Phi) is 4.89. The molecule has 2 rings (SSSR count). The maximum Gasteiger partial charge on any atom is 0.265 e. The van der Waals surface area contributed by atoms with E-state index >= 15 is 0 Å². The number of rotatable bonds is 5. The largest absolute Gasteiger partial charge is 0.352 e. The van der Waals surface area contributed by atoms with E-state index in [2.05, 4.69) is 21.2 Å². The lowest BCUT2D eigenvalue weighted by atomic mass is 10.1. The van der Waals surface area contributed by atoms with Gasteiger partial charge in [-0.25, -0.2) is 17.2 Å². The van der Waals surface area contributed by atoms with Crippen LogP contribution in [-0.4, -0.2) is 20.9 Å². The first kappa shape index (κ1) is 16.6. The van der Waals surface area contributed by atoms with Gasteiger partial charge in [-0.3, -0.25) is 4.79 Å². The first-order valence-corrected chi connectivity index (χ1v) is 9.22. The predicted molar refractivity (Wildman–Crippen MR) is 76.8 cm³/mol. The van der Waals surface area contributed by atoms with Crippen LogP contribution in [-0.2, 0) is 9.05 Å². The van der Waals surface area contributed by atoms with E-state index in [9.17, 15) is 22.0 Å². The molecule has 0 radical (unpaired) electrons. The summed E-state index contributed by atoms with van der Waals surface area (Å²) in [5.74, 6) is -3.11. The van der Waals surface area contributed by atoms with Crippen LogP contribution >= 0.6 is 26.6 Å². The van der Waals surface area contributed by atoms with Crippen LogP contribution < -0.4 is 5.32 Å². The van der Waals surface area contributed by atoms with E-state index in [0.717, 1.165) is 19.3 Å². The van der Waals surface area contributed by atoms with Crippen molar-refractivity contribution in [2.75, 3.05) is 6.54 Å². The number of amides is 1. The van der Waals surface area contributed by atoms with Crippen LogP contribution in [0.3, 0.4) is 0 Å². The average molecular weight is 403 g/mol. The van der Waals surface area contributed by atoms with E-state index < -0.39 is 37.1 Å². The lowest BCUT2D eigenvalue weighted by molar-refractivity contribution is 0.0943. The molecule has 1 aliphatic rings. The maximum absolute atomic E-state index is 14.1. The molecule has 1 aliphatic carbocycles. The molecule has 0 saturated heterocycles. The van der Waals surface area contributed by atoms with Crippen LogP contribution in [0.15, 0.2) is 15.4 Å². The van der Waals surface area contributed by atoms with E-state index in [1.54, 1.807) is 0 Å². The van der Waals surface area contributed by atoms with Crippen LogP contribution in [0.2, 0.25) is 0 Å². The van der Waals surface area contributed by atoms with Crippen LogP contribution in [0.5, 0.6) is 0 Å². The molecule has 0 spiro atoms. The Balaban J connectivity index is 2.31. The van der Waals surface area contributed by atoms with Gasteiger partial charge in [0.05, 0.1) is 0 Å². The third-order valence-corrected chi connectivity index (χ3v) is 5.37. The van der Waals surface area contributed by atoms with E-state index in [1.165, 1.54) is 0 Å². The van der Waals surface area contributed by atoms with Gasteiger partial charge in [0, 0.05) is 21.7 Å². The van der Waals surface area contributed by atoms with Gasteiger partial charge in [-0.05, 0) is 34.3 Å². The minimum atomic E-state index is -4.46. The zero-order valence-electron chi connectivity index (χ0n) is 10.6. The molecule has 0 unspecified atom stereocenters. The summed E-state index contributed by atoms with van der Waals surface area (Å²) in [4.78, 5) is 10.9. The molecule has 0 aliphatic heterocycles. The third kappa shape index (κ3) is 3.92. The molecular formula is C12H11BrClF2NO3S. The fourth-order valence-corrected chi connectivity index (χ4v) is 4.24. The molecule has 1 N–H and O–H groups in total. The van der Waals surface area contributed by atoms with Gasteiger partial charge >= 0.3 is 0 Å². The van der Waals surface area contributed by atoms with Crippen LogP contribution in [0.1, 0.15) is 29.6 Å². The minimum Gasteiger partial charge on any atom is -0.352 e. The van der Waals surface area contributed by atoms with Gasteiger partial charge in [0.2, 0.25) is 0 Å². The minimum absolute atomic E-state index is 0.279. The summed E-state index contributed by atoms with van der Waals surface area (Å²) in [6.07, 6.45) is 2.91. The van der Waals surface area contributed by atoms with Crippen molar-refractivity contribution in [1.82, 2.24) is 5.32 Å². The molecule has 116 valence electrons. The Labute approximate surface area is 133 Å². The number of carbonyl (C=O) groups is 1. The topological polar surface area (TPSA) is 63.2 Å². The van der Waals surface area contributed by atoms with Crippen molar-refractivity contribution in [3.8, 4) is 0 Å². The van der Waals surface area contributed by atoms with Gasteiger partial charge in [0.25, 0.3) is 15.0 Å². The standard InChI is InChI=1S/C12H11BrClF2NO3S/c13-7-5-8(15)9(10(16)11(7)21(14,19)20)12(18)17-4-3-6-1-2-6/h5-6H,1-4H2,(H,17,18). The summed E-state index contributed by atoms with van der Waals surface area (Å²) >= 11 is 2.72. The molecule has 21 heavy (non-hydrogen) atoms. The maximum atomic E-state index is 14.1. The molecule has 1 aromatic carbocycles. The molecule has 1 fully saturated rings. The quantitative estimate of drug-likeness (QED) is 0.770. The Morgan fingerprint density at radius 3 is 2.57 bits per heavy atom. The van der Waals surface area contributed by atoms with E-state index in [1.807, 2.05) is 0 Å². The highest BCUT2D eigenvalue weighted by Crippen LogP contribution is 2.33. The van der Waals surface area contributed by atoms with Crippen molar-refractivity contribution in [2.45, 2.75) is 24.2 Å². The van der Waals surface area contributed by atoms with Gasteiger partial charge < -0.3 is 5.32 Å². The normalized spacial score (nSPS) is 15.0. The Morgan fingerprint density at radius 1 is 1.43 bits per heavy atom. The number of carbonyl (C=O) groups excluding carboxylic acids is 1. The second-order valence-corrected chi connectivity index (χ2v) is 8.14. The monoisotopic (exact) mass is 401 g/mol. The fraction of sp³-hybridized carbons (Fsp3) is 0.417. The molecular weight excluding hydrogens is 392 g/mol. The van der Waals surface area contributed by atoms with Crippen LogP contribution in [0, 0.1) is 17.6 Å². The van der Waals surface area contributed by atoms with Crippen molar-refractivity contribution < 1.29 is 22.0 Å². The van der Waals surface area contributed by atoms with Crippen molar-refractivity contribution in [3.05, 3.63) is 27.7 Å². The number of hydrogen-bond acceptors (Lipinski definition) is 3. The SMILES string of the molecule is O=C(NCCC1CC1)c1c(F)cc(Br)c(S(=O)(=O)Cl)c1F. The second-order valence-electron chi connectivity index (χ2n) is 4.78. The smallest absolute Gasteiger partial charge is 0.265 e. The second kappa shape index (κ2) is 6.18. The summed E-state index contributed by atoms with van der Waals surface area (Å²) in [6, 6.07) is 0.703. The average Bonchev–Trinajstić information content (AvgIpc) is 3.09.